The van der Waals surface area contributed by atoms with E-state index in [0.29, 0.717) is 19.0 Å². The van der Waals surface area contributed by atoms with E-state index in [1.165, 1.54) is 5.56 Å². The van der Waals surface area contributed by atoms with E-state index in [0.717, 1.165) is 19.6 Å². The monoisotopic (exact) mass is 286 g/mol. The fourth-order valence-electron chi connectivity index (χ4n) is 2.47. The predicted octanol–water partition coefficient (Wildman–Crippen LogP) is 1.34. The minimum Gasteiger partial charge on any atom is -0.417 e. The Bertz CT molecular complexity index is 603. The second-order valence-electron chi connectivity index (χ2n) is 5.18. The van der Waals surface area contributed by atoms with Gasteiger partial charge in [0.05, 0.1) is 0 Å². The second-order valence-corrected chi connectivity index (χ2v) is 5.18. The lowest BCUT2D eigenvalue weighted by Crippen LogP contribution is -2.48. The summed E-state index contributed by atoms with van der Waals surface area (Å²) in [5, 5.41) is 7.48. The van der Waals surface area contributed by atoms with E-state index >= 15 is 0 Å². The van der Waals surface area contributed by atoms with Gasteiger partial charge in [-0.1, -0.05) is 30.3 Å². The van der Waals surface area contributed by atoms with E-state index in [1.54, 1.807) is 11.8 Å². The first kappa shape index (κ1) is 13.8. The lowest BCUT2D eigenvalue weighted by Gasteiger charge is -2.34. The number of benzene rings is 1. The van der Waals surface area contributed by atoms with Gasteiger partial charge in [-0.25, -0.2) is 0 Å². The molecule has 1 aromatic carbocycles. The molecule has 0 aliphatic carbocycles. The Hall–Kier alpha value is -2.21. The number of rotatable bonds is 3. The summed E-state index contributed by atoms with van der Waals surface area (Å²) in [5.74, 6) is 0.333. The Morgan fingerprint density at radius 3 is 2.48 bits per heavy atom. The van der Waals surface area contributed by atoms with E-state index in [9.17, 15) is 4.79 Å². The molecule has 2 aromatic rings. The third kappa shape index (κ3) is 3.28. The average molecular weight is 286 g/mol. The van der Waals surface area contributed by atoms with Gasteiger partial charge in [-0.15, -0.1) is 10.2 Å². The Kier molecular flexibility index (Phi) is 3.96. The average Bonchev–Trinajstić information content (AvgIpc) is 2.95. The van der Waals surface area contributed by atoms with Crippen molar-refractivity contribution in [1.29, 1.82) is 0 Å². The molecule has 1 saturated heterocycles. The van der Waals surface area contributed by atoms with Gasteiger partial charge in [-0.3, -0.25) is 9.69 Å². The fourth-order valence-corrected chi connectivity index (χ4v) is 2.47. The molecule has 1 aliphatic rings. The Morgan fingerprint density at radius 1 is 1.14 bits per heavy atom. The van der Waals surface area contributed by atoms with Crippen molar-refractivity contribution in [2.75, 3.05) is 26.2 Å². The molecule has 1 fully saturated rings. The molecule has 0 bridgehead atoms. The molecule has 110 valence electrons. The summed E-state index contributed by atoms with van der Waals surface area (Å²) in [7, 11) is 0. The highest BCUT2D eigenvalue weighted by atomic mass is 16.4. The SMILES string of the molecule is Cc1nnc(C(=O)N2CCN(Cc3ccccc3)CC2)o1. The minimum absolute atomic E-state index is 0.0870. The van der Waals surface area contributed by atoms with Crippen LogP contribution in [0, 0.1) is 6.92 Å². The number of hydrogen-bond donors (Lipinski definition) is 0. The highest BCUT2D eigenvalue weighted by Crippen LogP contribution is 2.11. The first-order valence-electron chi connectivity index (χ1n) is 7.08. The number of aromatic nitrogens is 2. The van der Waals surface area contributed by atoms with Crippen molar-refractivity contribution in [2.24, 2.45) is 0 Å². The van der Waals surface area contributed by atoms with Crippen molar-refractivity contribution in [1.82, 2.24) is 20.0 Å². The second kappa shape index (κ2) is 6.05. The van der Waals surface area contributed by atoms with Crippen LogP contribution in [-0.4, -0.2) is 52.1 Å². The summed E-state index contributed by atoms with van der Waals surface area (Å²) in [6, 6.07) is 10.4. The van der Waals surface area contributed by atoms with Gasteiger partial charge in [0.25, 0.3) is 0 Å². The maximum atomic E-state index is 12.2. The molecule has 2 heterocycles. The first-order chi connectivity index (χ1) is 10.2. The predicted molar refractivity (Wildman–Crippen MR) is 76.7 cm³/mol. The van der Waals surface area contributed by atoms with Gasteiger partial charge < -0.3 is 9.32 Å². The van der Waals surface area contributed by atoms with Gasteiger partial charge in [-0.2, -0.15) is 0 Å². The van der Waals surface area contributed by atoms with Crippen molar-refractivity contribution in [3.05, 3.63) is 47.7 Å². The minimum atomic E-state index is -0.171. The van der Waals surface area contributed by atoms with E-state index in [4.69, 9.17) is 4.42 Å². The van der Waals surface area contributed by atoms with E-state index < -0.39 is 0 Å². The summed E-state index contributed by atoms with van der Waals surface area (Å²) < 4.78 is 5.19. The summed E-state index contributed by atoms with van der Waals surface area (Å²) in [6.45, 7) is 5.69. The number of nitrogens with zero attached hydrogens (tertiary/aromatic N) is 4. The van der Waals surface area contributed by atoms with Crippen molar-refractivity contribution in [3.8, 4) is 0 Å². The van der Waals surface area contributed by atoms with Crippen LogP contribution in [0.25, 0.3) is 0 Å². The van der Waals surface area contributed by atoms with Crippen molar-refractivity contribution in [2.45, 2.75) is 13.5 Å². The van der Waals surface area contributed by atoms with Gasteiger partial charge in [0.15, 0.2) is 0 Å². The van der Waals surface area contributed by atoms with Crippen molar-refractivity contribution >= 4 is 5.91 Å². The lowest BCUT2D eigenvalue weighted by atomic mass is 10.2. The van der Waals surface area contributed by atoms with Crippen LogP contribution in [0.4, 0.5) is 0 Å². The largest absolute Gasteiger partial charge is 0.417 e. The van der Waals surface area contributed by atoms with E-state index in [1.807, 2.05) is 18.2 Å². The van der Waals surface area contributed by atoms with Crippen LogP contribution in [0.15, 0.2) is 34.7 Å². The number of carbonyl (C=O) groups excluding carboxylic acids is 1. The molecule has 0 saturated carbocycles. The van der Waals surface area contributed by atoms with E-state index in [-0.39, 0.29) is 11.8 Å². The standard InChI is InChI=1S/C15H18N4O2/c1-12-16-17-14(21-12)15(20)19-9-7-18(8-10-19)11-13-5-3-2-4-6-13/h2-6H,7-11H2,1H3. The lowest BCUT2D eigenvalue weighted by molar-refractivity contribution is 0.0588. The van der Waals surface area contributed by atoms with Gasteiger partial charge >= 0.3 is 11.8 Å². The third-order valence-corrected chi connectivity index (χ3v) is 3.62. The smallest absolute Gasteiger partial charge is 0.311 e. The molecule has 21 heavy (non-hydrogen) atoms. The van der Waals surface area contributed by atoms with Crippen molar-refractivity contribution in [3.63, 3.8) is 0 Å². The molecular weight excluding hydrogens is 268 g/mol. The van der Waals surface area contributed by atoms with Gasteiger partial charge in [0.2, 0.25) is 5.89 Å². The van der Waals surface area contributed by atoms with Gasteiger partial charge in [0.1, 0.15) is 0 Å². The van der Waals surface area contributed by atoms with Crippen LogP contribution in [-0.2, 0) is 6.54 Å². The number of piperazine rings is 1. The number of aryl methyl sites for hydroxylation is 1. The van der Waals surface area contributed by atoms with Crippen molar-refractivity contribution < 1.29 is 9.21 Å². The molecule has 0 unspecified atom stereocenters. The maximum absolute atomic E-state index is 12.2. The summed E-state index contributed by atoms with van der Waals surface area (Å²) in [5.41, 5.74) is 1.30. The molecule has 1 aromatic heterocycles. The van der Waals surface area contributed by atoms with Crippen LogP contribution in [0.1, 0.15) is 22.1 Å². The maximum Gasteiger partial charge on any atom is 0.311 e. The molecule has 6 heteroatoms. The summed E-state index contributed by atoms with van der Waals surface area (Å²) in [6.07, 6.45) is 0. The molecule has 0 radical (unpaired) electrons. The van der Waals surface area contributed by atoms with Crippen LogP contribution in [0.3, 0.4) is 0 Å². The zero-order valence-electron chi connectivity index (χ0n) is 12.0. The van der Waals surface area contributed by atoms with Crippen LogP contribution >= 0.6 is 0 Å². The quantitative estimate of drug-likeness (QED) is 0.852. The number of carbonyl (C=O) groups is 1. The van der Waals surface area contributed by atoms with Crippen LogP contribution < -0.4 is 0 Å². The highest BCUT2D eigenvalue weighted by molar-refractivity contribution is 5.89. The molecular formula is C15H18N4O2. The van der Waals surface area contributed by atoms with Gasteiger partial charge in [-0.05, 0) is 5.56 Å². The highest BCUT2D eigenvalue weighted by Gasteiger charge is 2.25. The summed E-state index contributed by atoms with van der Waals surface area (Å²) >= 11 is 0. The number of hydrogen-bond acceptors (Lipinski definition) is 5. The van der Waals surface area contributed by atoms with Crippen LogP contribution in [0.5, 0.6) is 0 Å². The molecule has 0 N–H and O–H groups in total. The molecule has 0 atom stereocenters. The molecule has 6 nitrogen and oxygen atoms in total. The van der Waals surface area contributed by atoms with E-state index in [2.05, 4.69) is 27.2 Å². The molecule has 0 spiro atoms. The fraction of sp³-hybridized carbons (Fsp3) is 0.400. The first-order valence-corrected chi connectivity index (χ1v) is 7.08. The molecule has 1 amide bonds. The molecule has 1 aliphatic heterocycles. The topological polar surface area (TPSA) is 62.5 Å². The normalized spacial score (nSPS) is 16.1. The Balaban J connectivity index is 1.54. The zero-order chi connectivity index (χ0) is 14.7. The summed E-state index contributed by atoms with van der Waals surface area (Å²) in [4.78, 5) is 16.3. The van der Waals surface area contributed by atoms with Crippen LogP contribution in [0.2, 0.25) is 0 Å². The zero-order valence-corrected chi connectivity index (χ0v) is 12.0. The Labute approximate surface area is 123 Å². The van der Waals surface area contributed by atoms with Gasteiger partial charge in [0, 0.05) is 39.6 Å². The Morgan fingerprint density at radius 2 is 1.86 bits per heavy atom. The molecule has 3 rings (SSSR count). The number of amides is 1. The third-order valence-electron chi connectivity index (χ3n) is 3.62.